The van der Waals surface area contributed by atoms with Gasteiger partial charge in [-0.1, -0.05) is 44.7 Å². The highest BCUT2D eigenvalue weighted by Gasteiger charge is 2.24. The molecule has 1 aliphatic rings. The van der Waals surface area contributed by atoms with E-state index in [4.69, 9.17) is 25.7 Å². The van der Waals surface area contributed by atoms with Gasteiger partial charge in [0.2, 0.25) is 0 Å². The summed E-state index contributed by atoms with van der Waals surface area (Å²) >= 11 is 0. The van der Waals surface area contributed by atoms with Gasteiger partial charge in [0.05, 0.1) is 11.7 Å². The van der Waals surface area contributed by atoms with E-state index in [1.54, 1.807) is 48.5 Å². The Labute approximate surface area is 220 Å². The lowest BCUT2D eigenvalue weighted by atomic mass is 9.95. The molecule has 1 saturated carbocycles. The third kappa shape index (κ3) is 10.3. The molecule has 0 unspecified atom stereocenters. The number of carbonyl (C=O) groups excluding carboxylic acids is 2. The molecule has 2 aromatic rings. The van der Waals surface area contributed by atoms with Crippen LogP contribution in [0.4, 0.5) is 11.4 Å². The number of carbonyl (C=O) groups is 2. The van der Waals surface area contributed by atoms with Gasteiger partial charge in [-0.2, -0.15) is 0 Å². The number of unbranched alkanes of at least 4 members (excludes halogenated alkanes) is 4. The van der Waals surface area contributed by atoms with Gasteiger partial charge in [0.15, 0.2) is 0 Å². The van der Waals surface area contributed by atoms with Crippen molar-refractivity contribution in [3.05, 3.63) is 65.2 Å². The summed E-state index contributed by atoms with van der Waals surface area (Å²) in [6, 6.07) is 12.0. The van der Waals surface area contributed by atoms with Crippen LogP contribution >= 0.6 is 0 Å². The second kappa shape index (κ2) is 15.1. The molecule has 1 fully saturated rings. The van der Waals surface area contributed by atoms with Crippen molar-refractivity contribution in [2.45, 2.75) is 83.5 Å². The van der Waals surface area contributed by atoms with Crippen molar-refractivity contribution >= 4 is 29.4 Å². The van der Waals surface area contributed by atoms with Crippen LogP contribution in [-0.2, 0) is 25.6 Å². The molecule has 0 radical (unpaired) electrons. The zero-order chi connectivity index (χ0) is 26.5. The fourth-order valence-corrected chi connectivity index (χ4v) is 4.42. The first-order valence-electron chi connectivity index (χ1n) is 13.4. The molecule has 0 amide bonds. The molecule has 2 aromatic carbocycles. The van der Waals surface area contributed by atoms with E-state index in [1.165, 1.54) is 31.8 Å². The molecule has 200 valence electrons. The molecule has 0 atom stereocenters. The normalized spacial score (nSPS) is 17.5. The molecule has 0 aliphatic heterocycles. The van der Waals surface area contributed by atoms with Crippen molar-refractivity contribution < 1.29 is 23.8 Å². The second-order valence-corrected chi connectivity index (χ2v) is 9.66. The molecule has 0 spiro atoms. The smallest absolute Gasteiger partial charge is 0.338 e. The van der Waals surface area contributed by atoms with E-state index in [-0.39, 0.29) is 24.8 Å². The Balaban J connectivity index is 1.36. The summed E-state index contributed by atoms with van der Waals surface area (Å²) in [5.41, 5.74) is 14.5. The van der Waals surface area contributed by atoms with Gasteiger partial charge in [0.25, 0.3) is 0 Å². The van der Waals surface area contributed by atoms with Crippen molar-refractivity contribution in [1.29, 1.82) is 0 Å². The summed E-state index contributed by atoms with van der Waals surface area (Å²) in [7, 11) is 0. The van der Waals surface area contributed by atoms with Crippen molar-refractivity contribution in [1.82, 2.24) is 0 Å². The van der Waals surface area contributed by atoms with Crippen LogP contribution < -0.4 is 11.5 Å². The maximum atomic E-state index is 12.6. The van der Waals surface area contributed by atoms with Gasteiger partial charge >= 0.3 is 11.9 Å². The molecule has 1 aliphatic carbocycles. The van der Waals surface area contributed by atoms with Gasteiger partial charge in [-0.05, 0) is 79.6 Å². The number of benzene rings is 2. The van der Waals surface area contributed by atoms with Gasteiger partial charge in [-0.15, -0.1) is 0 Å². The molecule has 7 heteroatoms. The van der Waals surface area contributed by atoms with Crippen LogP contribution in [0.3, 0.4) is 0 Å². The fraction of sp³-hybridized carbons (Fsp3) is 0.467. The van der Waals surface area contributed by atoms with E-state index in [1.807, 2.05) is 0 Å². The zero-order valence-corrected chi connectivity index (χ0v) is 21.8. The summed E-state index contributed by atoms with van der Waals surface area (Å²) in [4.78, 5) is 24.6. The third-order valence-corrected chi connectivity index (χ3v) is 6.47. The number of rotatable bonds is 13. The lowest BCUT2D eigenvalue weighted by Crippen LogP contribution is -2.28. The second-order valence-electron chi connectivity index (χ2n) is 9.66. The van der Waals surface area contributed by atoms with Gasteiger partial charge in [-0.25, -0.2) is 9.59 Å². The fourth-order valence-electron chi connectivity index (χ4n) is 4.42. The van der Waals surface area contributed by atoms with E-state index in [9.17, 15) is 9.59 Å². The summed E-state index contributed by atoms with van der Waals surface area (Å²) in [5.74, 6) is -0.808. The van der Waals surface area contributed by atoms with Crippen LogP contribution in [0, 0.1) is 0 Å². The Kier molecular flexibility index (Phi) is 11.5. The van der Waals surface area contributed by atoms with Crippen LogP contribution in [-0.4, -0.2) is 30.8 Å². The van der Waals surface area contributed by atoms with Crippen LogP contribution in [0.5, 0.6) is 0 Å². The quantitative estimate of drug-likeness (QED) is 0.146. The van der Waals surface area contributed by atoms with E-state index >= 15 is 0 Å². The monoisotopic (exact) mass is 508 g/mol. The first-order chi connectivity index (χ1) is 17.9. The first-order valence-corrected chi connectivity index (χ1v) is 13.4. The van der Waals surface area contributed by atoms with Crippen LogP contribution in [0.25, 0.3) is 6.08 Å². The number of hydrogen-bond donors (Lipinski definition) is 2. The number of nitrogen functional groups attached to an aromatic ring is 2. The van der Waals surface area contributed by atoms with Crippen LogP contribution in [0.1, 0.15) is 86.2 Å². The number of esters is 2. The topological polar surface area (TPSA) is 114 Å². The van der Waals surface area contributed by atoms with Crippen LogP contribution in [0.15, 0.2) is 48.5 Å². The molecule has 0 saturated heterocycles. The Morgan fingerprint density at radius 3 is 2.22 bits per heavy atom. The Hall–Kier alpha value is -3.32. The molecule has 3 rings (SSSR count). The highest BCUT2D eigenvalue weighted by molar-refractivity contribution is 5.90. The summed E-state index contributed by atoms with van der Waals surface area (Å²) in [5, 5.41) is 0. The molecular formula is C30H40N2O5. The standard InChI is InChI=1S/C30H40N2O5/c1-2-3-4-5-6-17-35-27-12-14-28(15-13-27)37-30(34)24-10-7-22(8-11-24)9-16-29(33)36-21-23-18-25(31)20-26(32)19-23/h7-11,16,18-20,27-28H,2-6,12-15,17,21,31-32H2,1H3. The van der Waals surface area contributed by atoms with Gasteiger partial charge in [0, 0.05) is 24.1 Å². The highest BCUT2D eigenvalue weighted by Crippen LogP contribution is 2.25. The first kappa shape index (κ1) is 28.3. The largest absolute Gasteiger partial charge is 0.459 e. The molecule has 0 aromatic heterocycles. The lowest BCUT2D eigenvalue weighted by Gasteiger charge is -2.28. The van der Waals surface area contributed by atoms with Crippen molar-refractivity contribution in [3.8, 4) is 0 Å². The third-order valence-electron chi connectivity index (χ3n) is 6.47. The average molecular weight is 509 g/mol. The number of nitrogens with two attached hydrogens (primary N) is 2. The Bertz CT molecular complexity index is 1010. The SMILES string of the molecule is CCCCCCCOC1CCC(OC(=O)c2ccc(C=CC(=O)OCc3cc(N)cc(N)c3)cc2)CC1. The molecule has 37 heavy (non-hydrogen) atoms. The number of ether oxygens (including phenoxy) is 3. The van der Waals surface area contributed by atoms with E-state index < -0.39 is 5.97 Å². The molecule has 7 nitrogen and oxygen atoms in total. The maximum Gasteiger partial charge on any atom is 0.338 e. The minimum atomic E-state index is -0.486. The predicted molar refractivity (Wildman–Crippen MR) is 147 cm³/mol. The Morgan fingerprint density at radius 2 is 1.54 bits per heavy atom. The lowest BCUT2D eigenvalue weighted by molar-refractivity contribution is -0.138. The minimum Gasteiger partial charge on any atom is -0.459 e. The van der Waals surface area contributed by atoms with Gasteiger partial charge < -0.3 is 25.7 Å². The number of anilines is 2. The van der Waals surface area contributed by atoms with E-state index in [0.29, 0.717) is 16.9 Å². The maximum absolute atomic E-state index is 12.6. The summed E-state index contributed by atoms with van der Waals surface area (Å²) < 4.78 is 17.0. The Morgan fingerprint density at radius 1 is 0.892 bits per heavy atom. The van der Waals surface area contributed by atoms with Crippen molar-refractivity contribution in [3.63, 3.8) is 0 Å². The van der Waals surface area contributed by atoms with Crippen LogP contribution in [0.2, 0.25) is 0 Å². The molecule has 0 heterocycles. The average Bonchev–Trinajstić information content (AvgIpc) is 2.89. The van der Waals surface area contributed by atoms with Gasteiger partial charge in [-0.3, -0.25) is 0 Å². The van der Waals surface area contributed by atoms with Crippen molar-refractivity contribution in [2.24, 2.45) is 0 Å². The number of hydrogen-bond acceptors (Lipinski definition) is 7. The minimum absolute atomic E-state index is 0.0680. The highest BCUT2D eigenvalue weighted by atomic mass is 16.5. The predicted octanol–water partition coefficient (Wildman–Crippen LogP) is 6.06. The molecular weight excluding hydrogens is 468 g/mol. The van der Waals surface area contributed by atoms with Crippen molar-refractivity contribution in [2.75, 3.05) is 18.1 Å². The molecule has 4 N–H and O–H groups in total. The summed E-state index contributed by atoms with van der Waals surface area (Å²) in [6.45, 7) is 3.13. The van der Waals surface area contributed by atoms with E-state index in [0.717, 1.165) is 49.8 Å². The summed E-state index contributed by atoms with van der Waals surface area (Å²) in [6.07, 6.45) is 12.9. The zero-order valence-electron chi connectivity index (χ0n) is 21.8. The molecule has 0 bridgehead atoms. The van der Waals surface area contributed by atoms with E-state index in [2.05, 4.69) is 6.92 Å². The van der Waals surface area contributed by atoms with Gasteiger partial charge in [0.1, 0.15) is 12.7 Å².